The summed E-state index contributed by atoms with van der Waals surface area (Å²) in [6.45, 7) is 7.18. The summed E-state index contributed by atoms with van der Waals surface area (Å²) >= 11 is 0. The minimum atomic E-state index is 0.198. The zero-order chi connectivity index (χ0) is 14.9. The zero-order valence-electron chi connectivity index (χ0n) is 13.5. The van der Waals surface area contributed by atoms with E-state index in [2.05, 4.69) is 24.8 Å². The predicted molar refractivity (Wildman–Crippen MR) is 87.7 cm³/mol. The minimum Gasteiger partial charge on any atom is -0.508 e. The fourth-order valence-electron chi connectivity index (χ4n) is 4.33. The number of hydrogen-bond donors (Lipinski definition) is 1. The van der Waals surface area contributed by atoms with Gasteiger partial charge in [-0.15, -0.1) is 0 Å². The van der Waals surface area contributed by atoms with Crippen molar-refractivity contribution in [3.8, 4) is 5.75 Å². The smallest absolute Gasteiger partial charge is 0.115 e. The predicted octanol–water partition coefficient (Wildman–Crippen LogP) is 4.32. The summed E-state index contributed by atoms with van der Waals surface area (Å²) < 4.78 is 0. The molecule has 2 heteroatoms. The summed E-state index contributed by atoms with van der Waals surface area (Å²) in [5.41, 5.74) is 1.50. The van der Waals surface area contributed by atoms with Crippen LogP contribution in [0.3, 0.4) is 0 Å². The maximum absolute atomic E-state index is 9.79. The average molecular weight is 287 g/mol. The number of aromatic hydroxyl groups is 1. The van der Waals surface area contributed by atoms with E-state index in [1.807, 2.05) is 12.1 Å². The standard InChI is InChI=1S/C19H29NO/c1-15-14-20(17-8-4-3-5-9-17)12-11-19(15,2)16-7-6-10-18(21)13-16/h6-7,10,13,15,17,21H,3-5,8-9,11-12,14H2,1-2H3. The van der Waals surface area contributed by atoms with E-state index >= 15 is 0 Å². The minimum absolute atomic E-state index is 0.198. The molecule has 0 aromatic heterocycles. The maximum atomic E-state index is 9.79. The third-order valence-corrected chi connectivity index (χ3v) is 6.11. The van der Waals surface area contributed by atoms with Gasteiger partial charge in [-0.25, -0.2) is 0 Å². The second-order valence-corrected chi connectivity index (χ2v) is 7.41. The first kappa shape index (κ1) is 14.9. The third-order valence-electron chi connectivity index (χ3n) is 6.11. The Morgan fingerprint density at radius 1 is 1.19 bits per heavy atom. The van der Waals surface area contributed by atoms with Gasteiger partial charge >= 0.3 is 0 Å². The lowest BCUT2D eigenvalue weighted by Crippen LogP contribution is -2.51. The molecule has 2 fully saturated rings. The van der Waals surface area contributed by atoms with E-state index in [-0.39, 0.29) is 5.41 Å². The normalized spacial score (nSPS) is 32.2. The molecule has 3 rings (SSSR count). The number of likely N-dealkylation sites (tertiary alicyclic amines) is 1. The third kappa shape index (κ3) is 2.96. The Morgan fingerprint density at radius 2 is 1.95 bits per heavy atom. The Labute approximate surface area is 129 Å². The highest BCUT2D eigenvalue weighted by molar-refractivity contribution is 5.33. The van der Waals surface area contributed by atoms with E-state index in [1.165, 1.54) is 57.2 Å². The van der Waals surface area contributed by atoms with Crippen molar-refractivity contribution in [2.24, 2.45) is 5.92 Å². The summed E-state index contributed by atoms with van der Waals surface area (Å²) in [4.78, 5) is 2.74. The molecule has 0 bridgehead atoms. The Bertz CT molecular complexity index is 480. The van der Waals surface area contributed by atoms with Gasteiger partial charge in [0.15, 0.2) is 0 Å². The molecule has 1 N–H and O–H groups in total. The molecule has 2 nitrogen and oxygen atoms in total. The number of hydrogen-bond acceptors (Lipinski definition) is 2. The van der Waals surface area contributed by atoms with Gasteiger partial charge in [0.25, 0.3) is 0 Å². The van der Waals surface area contributed by atoms with Crippen molar-refractivity contribution >= 4 is 0 Å². The highest BCUT2D eigenvalue weighted by atomic mass is 16.3. The van der Waals surface area contributed by atoms with Crippen LogP contribution in [0.15, 0.2) is 24.3 Å². The lowest BCUT2D eigenvalue weighted by atomic mass is 9.67. The molecule has 1 aromatic rings. The molecular formula is C19H29NO. The molecule has 0 radical (unpaired) electrons. The molecule has 1 aromatic carbocycles. The molecule has 2 aliphatic rings. The molecule has 116 valence electrons. The quantitative estimate of drug-likeness (QED) is 0.875. The fraction of sp³-hybridized carbons (Fsp3) is 0.684. The summed E-state index contributed by atoms with van der Waals surface area (Å²) in [5, 5.41) is 9.79. The SMILES string of the molecule is CC1CN(C2CCCCC2)CCC1(C)c1cccc(O)c1. The Morgan fingerprint density at radius 3 is 2.62 bits per heavy atom. The van der Waals surface area contributed by atoms with E-state index in [0.717, 1.165) is 6.04 Å². The van der Waals surface area contributed by atoms with E-state index in [4.69, 9.17) is 0 Å². The van der Waals surface area contributed by atoms with Gasteiger partial charge < -0.3 is 10.0 Å². The number of benzene rings is 1. The Hall–Kier alpha value is -1.02. The highest BCUT2D eigenvalue weighted by Gasteiger charge is 2.39. The van der Waals surface area contributed by atoms with Crippen LogP contribution in [0.4, 0.5) is 0 Å². The van der Waals surface area contributed by atoms with Crippen LogP contribution in [0.1, 0.15) is 57.9 Å². The Kier molecular flexibility index (Phi) is 4.26. The molecule has 1 heterocycles. The second-order valence-electron chi connectivity index (χ2n) is 7.41. The number of nitrogens with zero attached hydrogens (tertiary/aromatic N) is 1. The first-order valence-corrected chi connectivity index (χ1v) is 8.63. The number of phenolic OH excluding ortho intramolecular Hbond substituents is 1. The molecule has 0 amide bonds. The zero-order valence-corrected chi connectivity index (χ0v) is 13.5. The first-order chi connectivity index (χ1) is 10.1. The van der Waals surface area contributed by atoms with Crippen LogP contribution in [0, 0.1) is 5.92 Å². The highest BCUT2D eigenvalue weighted by Crippen LogP contribution is 2.41. The summed E-state index contributed by atoms with van der Waals surface area (Å²) in [7, 11) is 0. The Balaban J connectivity index is 1.72. The molecule has 1 aliphatic carbocycles. The van der Waals surface area contributed by atoms with Crippen molar-refractivity contribution in [2.45, 2.75) is 63.8 Å². The van der Waals surface area contributed by atoms with Gasteiger partial charge in [-0.2, -0.15) is 0 Å². The van der Waals surface area contributed by atoms with Crippen molar-refractivity contribution < 1.29 is 5.11 Å². The average Bonchev–Trinajstić information content (AvgIpc) is 2.51. The van der Waals surface area contributed by atoms with Gasteiger partial charge in [0, 0.05) is 12.6 Å². The number of piperidine rings is 1. The van der Waals surface area contributed by atoms with Crippen LogP contribution in [-0.2, 0) is 5.41 Å². The van der Waals surface area contributed by atoms with Crippen molar-refractivity contribution in [3.05, 3.63) is 29.8 Å². The van der Waals surface area contributed by atoms with Gasteiger partial charge in [0.1, 0.15) is 5.75 Å². The van der Waals surface area contributed by atoms with E-state index in [1.54, 1.807) is 6.07 Å². The lowest BCUT2D eigenvalue weighted by Gasteiger charge is -2.48. The molecule has 1 saturated heterocycles. The first-order valence-electron chi connectivity index (χ1n) is 8.63. The molecule has 1 saturated carbocycles. The van der Waals surface area contributed by atoms with E-state index in [0.29, 0.717) is 11.7 Å². The second kappa shape index (κ2) is 6.00. The lowest BCUT2D eigenvalue weighted by molar-refractivity contribution is 0.0593. The van der Waals surface area contributed by atoms with E-state index in [9.17, 15) is 5.11 Å². The van der Waals surface area contributed by atoms with Crippen molar-refractivity contribution in [3.63, 3.8) is 0 Å². The van der Waals surface area contributed by atoms with Crippen molar-refractivity contribution in [1.29, 1.82) is 0 Å². The maximum Gasteiger partial charge on any atom is 0.115 e. The van der Waals surface area contributed by atoms with Crippen LogP contribution in [0.5, 0.6) is 5.75 Å². The fourth-order valence-corrected chi connectivity index (χ4v) is 4.33. The molecule has 1 aliphatic heterocycles. The van der Waals surface area contributed by atoms with Gasteiger partial charge in [-0.3, -0.25) is 0 Å². The summed E-state index contributed by atoms with van der Waals surface area (Å²) in [5.74, 6) is 1.03. The van der Waals surface area contributed by atoms with Crippen LogP contribution in [0.25, 0.3) is 0 Å². The van der Waals surface area contributed by atoms with E-state index < -0.39 is 0 Å². The van der Waals surface area contributed by atoms with Gasteiger partial charge in [-0.1, -0.05) is 45.2 Å². The van der Waals surface area contributed by atoms with Gasteiger partial charge in [-0.05, 0) is 54.8 Å². The van der Waals surface area contributed by atoms with Crippen LogP contribution < -0.4 is 0 Å². The number of rotatable bonds is 2. The summed E-state index contributed by atoms with van der Waals surface area (Å²) in [6.07, 6.45) is 8.26. The van der Waals surface area contributed by atoms with Crippen molar-refractivity contribution in [1.82, 2.24) is 4.90 Å². The van der Waals surface area contributed by atoms with Gasteiger partial charge in [0.2, 0.25) is 0 Å². The van der Waals surface area contributed by atoms with Crippen LogP contribution in [0.2, 0.25) is 0 Å². The largest absolute Gasteiger partial charge is 0.508 e. The topological polar surface area (TPSA) is 23.5 Å². The molecule has 2 unspecified atom stereocenters. The monoisotopic (exact) mass is 287 g/mol. The summed E-state index contributed by atoms with van der Waals surface area (Å²) in [6, 6.07) is 8.74. The van der Waals surface area contributed by atoms with Gasteiger partial charge in [0.05, 0.1) is 0 Å². The molecular weight excluding hydrogens is 258 g/mol. The van der Waals surface area contributed by atoms with Crippen LogP contribution >= 0.6 is 0 Å². The molecule has 0 spiro atoms. The molecule has 2 atom stereocenters. The number of phenols is 1. The molecule has 21 heavy (non-hydrogen) atoms. The van der Waals surface area contributed by atoms with Crippen LogP contribution in [-0.4, -0.2) is 29.1 Å². The van der Waals surface area contributed by atoms with Crippen molar-refractivity contribution in [2.75, 3.05) is 13.1 Å².